The van der Waals surface area contributed by atoms with Gasteiger partial charge in [0.05, 0.1) is 49.3 Å². The van der Waals surface area contributed by atoms with Crippen LogP contribution in [-0.2, 0) is 26.1 Å². The van der Waals surface area contributed by atoms with E-state index < -0.39 is 21.3 Å². The molecule has 0 radical (unpaired) electrons. The predicted octanol–water partition coefficient (Wildman–Crippen LogP) is 6.35. The Morgan fingerprint density at radius 1 is 1.00 bits per heavy atom. The van der Waals surface area contributed by atoms with E-state index in [-0.39, 0.29) is 35.6 Å². The molecule has 2 aliphatic carbocycles. The number of benzene rings is 2. The molecule has 4 heterocycles. The predicted molar refractivity (Wildman–Crippen MR) is 185 cm³/mol. The van der Waals surface area contributed by atoms with E-state index in [2.05, 4.69) is 26.3 Å². The van der Waals surface area contributed by atoms with E-state index in [1.165, 1.54) is 24.8 Å². The fourth-order valence-corrected chi connectivity index (χ4v) is 10.9. The zero-order valence-corrected chi connectivity index (χ0v) is 29.1. The first kappa shape index (κ1) is 31.9. The van der Waals surface area contributed by atoms with E-state index >= 15 is 4.79 Å². The van der Waals surface area contributed by atoms with Crippen LogP contribution in [0, 0.1) is 11.3 Å². The van der Waals surface area contributed by atoms with Crippen molar-refractivity contribution in [3.8, 4) is 17.0 Å². The molecule has 48 heavy (non-hydrogen) atoms. The average molecular weight is 674 g/mol. The normalized spacial score (nSPS) is 26.8. The number of hydrogen-bond donors (Lipinski definition) is 1. The third-order valence-electron chi connectivity index (χ3n) is 11.7. The summed E-state index contributed by atoms with van der Waals surface area (Å²) in [5.41, 5.74) is 5.31. The van der Waals surface area contributed by atoms with Crippen LogP contribution in [0.1, 0.15) is 105 Å². The number of nitrogens with one attached hydrogen (secondary N) is 1. The van der Waals surface area contributed by atoms with E-state index in [1.807, 2.05) is 32.0 Å². The molecule has 2 bridgehead atoms. The molecule has 0 spiro atoms. The number of piperidine rings is 1. The molecule has 3 aromatic rings. The van der Waals surface area contributed by atoms with Gasteiger partial charge in [-0.05, 0) is 91.8 Å². The van der Waals surface area contributed by atoms with Crippen LogP contribution in [0.15, 0.2) is 36.4 Å². The Morgan fingerprint density at radius 3 is 2.46 bits per heavy atom. The molecular formula is C38H47N3O6S. The summed E-state index contributed by atoms with van der Waals surface area (Å²) in [5, 5.41) is 1.09. The highest BCUT2D eigenvalue weighted by atomic mass is 32.2. The summed E-state index contributed by atoms with van der Waals surface area (Å²) < 4.78 is 41.8. The van der Waals surface area contributed by atoms with Gasteiger partial charge in [-0.15, -0.1) is 0 Å². The van der Waals surface area contributed by atoms with Gasteiger partial charge in [-0.25, -0.2) is 13.1 Å². The maximum atomic E-state index is 15.0. The van der Waals surface area contributed by atoms with Gasteiger partial charge < -0.3 is 18.9 Å². The monoisotopic (exact) mass is 673 g/mol. The summed E-state index contributed by atoms with van der Waals surface area (Å²) in [4.78, 5) is 30.7. The average Bonchev–Trinajstić information content (AvgIpc) is 3.73. The van der Waals surface area contributed by atoms with Crippen molar-refractivity contribution in [3.05, 3.63) is 53.1 Å². The molecule has 3 aliphatic heterocycles. The van der Waals surface area contributed by atoms with Gasteiger partial charge >= 0.3 is 0 Å². The fraction of sp³-hybridized carbons (Fsp3) is 0.579. The lowest BCUT2D eigenvalue weighted by molar-refractivity contribution is -0.157. The van der Waals surface area contributed by atoms with E-state index in [0.29, 0.717) is 31.2 Å². The molecule has 3 unspecified atom stereocenters. The van der Waals surface area contributed by atoms with Crippen molar-refractivity contribution in [1.29, 1.82) is 0 Å². The van der Waals surface area contributed by atoms with Crippen molar-refractivity contribution < 1.29 is 27.5 Å². The second-order valence-electron chi connectivity index (χ2n) is 15.4. The summed E-state index contributed by atoms with van der Waals surface area (Å²) in [5.74, 6) is 0.573. The van der Waals surface area contributed by atoms with Gasteiger partial charge in [0.2, 0.25) is 15.9 Å². The van der Waals surface area contributed by atoms with Crippen LogP contribution < -0.4 is 9.46 Å². The number of ether oxygens (including phenoxy) is 2. The summed E-state index contributed by atoms with van der Waals surface area (Å²) in [6.07, 6.45) is 9.58. The van der Waals surface area contributed by atoms with Gasteiger partial charge in [0.1, 0.15) is 5.75 Å². The number of amides is 2. The molecule has 1 aromatic heterocycles. The second kappa shape index (κ2) is 11.9. The summed E-state index contributed by atoms with van der Waals surface area (Å²) in [6.45, 7) is 5.33. The molecule has 10 heteroatoms. The number of methoxy groups -OCH3 is 1. The summed E-state index contributed by atoms with van der Waals surface area (Å²) >= 11 is 0. The minimum atomic E-state index is -3.78. The van der Waals surface area contributed by atoms with Gasteiger partial charge in [0.25, 0.3) is 5.91 Å². The Kier molecular flexibility index (Phi) is 7.90. The number of morpholine rings is 1. The number of sulfonamides is 1. The minimum Gasteiger partial charge on any atom is -0.497 e. The number of rotatable bonds is 7. The number of aromatic nitrogens is 1. The Morgan fingerprint density at radius 2 is 1.75 bits per heavy atom. The molecule has 5 aliphatic rings. The first-order valence-corrected chi connectivity index (χ1v) is 19.5. The first-order chi connectivity index (χ1) is 23.1. The Balaban J connectivity index is 1.31. The zero-order valence-electron chi connectivity index (χ0n) is 28.3. The maximum Gasteiger partial charge on any atom is 0.264 e. The highest BCUT2D eigenvalue weighted by Gasteiger charge is 2.65. The molecule has 9 nitrogen and oxygen atoms in total. The van der Waals surface area contributed by atoms with Crippen LogP contribution in [0.3, 0.4) is 0 Å². The van der Waals surface area contributed by atoms with Crippen LogP contribution in [0.2, 0.25) is 0 Å². The SMILES string of the molecule is COc1ccc2c(c1)C1CC1(C(=O)N1C3CCC[C@@H]1COC3)Cn1c-2c(C2CCCCC2)c2ccc(C(=O)NS(=O)(=O)CC(C)C)cc21. The highest BCUT2D eigenvalue weighted by Crippen LogP contribution is 2.66. The lowest BCUT2D eigenvalue weighted by atomic mass is 9.81. The lowest BCUT2D eigenvalue weighted by Crippen LogP contribution is -2.59. The molecule has 1 N–H and O–H groups in total. The third kappa shape index (κ3) is 5.25. The van der Waals surface area contributed by atoms with Crippen LogP contribution in [0.5, 0.6) is 5.75 Å². The molecule has 2 saturated heterocycles. The van der Waals surface area contributed by atoms with Crippen LogP contribution >= 0.6 is 0 Å². The standard InChI is InChI=1S/C38H47N3O6S/c1-23(2)21-48(44,45)39-36(42)25-12-14-30-33(16-25)40-22-38(37(43)41-26-10-7-11-27(41)20-47-19-26)18-32(38)31-17-28(46-3)13-15-29(31)35(40)34(30)24-8-5-4-6-9-24/h12-17,23-24,26-27,32H,4-11,18-22H2,1-3H3,(H,39,42)/t26-,27?,32?,38?/m1/s1. The molecule has 2 saturated carbocycles. The number of carbonyl (C=O) groups excluding carboxylic acids is 2. The van der Waals surface area contributed by atoms with Crippen molar-refractivity contribution in [2.75, 3.05) is 26.1 Å². The molecule has 2 amide bonds. The lowest BCUT2D eigenvalue weighted by Gasteiger charge is -2.47. The maximum absolute atomic E-state index is 15.0. The molecule has 2 aromatic carbocycles. The van der Waals surface area contributed by atoms with Crippen molar-refractivity contribution >= 4 is 32.7 Å². The van der Waals surface area contributed by atoms with E-state index in [4.69, 9.17) is 9.47 Å². The van der Waals surface area contributed by atoms with Crippen LogP contribution in [-0.4, -0.2) is 67.9 Å². The summed E-state index contributed by atoms with van der Waals surface area (Å²) in [6, 6.07) is 12.2. The zero-order chi connectivity index (χ0) is 33.4. The van der Waals surface area contributed by atoms with Gasteiger partial charge in [-0.3, -0.25) is 9.59 Å². The van der Waals surface area contributed by atoms with Crippen molar-refractivity contribution in [3.63, 3.8) is 0 Å². The van der Waals surface area contributed by atoms with Gasteiger partial charge in [-0.1, -0.05) is 39.2 Å². The Labute approximate surface area is 283 Å². The summed E-state index contributed by atoms with van der Waals surface area (Å²) in [7, 11) is -2.09. The van der Waals surface area contributed by atoms with Crippen molar-refractivity contribution in [2.45, 2.75) is 102 Å². The molecular weight excluding hydrogens is 627 g/mol. The van der Waals surface area contributed by atoms with Gasteiger partial charge in [0.15, 0.2) is 0 Å². The second-order valence-corrected chi connectivity index (χ2v) is 17.1. The topological polar surface area (TPSA) is 107 Å². The van der Waals surface area contributed by atoms with Crippen molar-refractivity contribution in [2.24, 2.45) is 11.3 Å². The Bertz CT molecular complexity index is 1870. The van der Waals surface area contributed by atoms with E-state index in [0.717, 1.165) is 72.0 Å². The minimum absolute atomic E-state index is 0.0560. The third-order valence-corrected chi connectivity index (χ3v) is 13.3. The molecule has 256 valence electrons. The van der Waals surface area contributed by atoms with Crippen LogP contribution in [0.4, 0.5) is 0 Å². The quantitative estimate of drug-likeness (QED) is 0.314. The van der Waals surface area contributed by atoms with Gasteiger partial charge in [-0.2, -0.15) is 0 Å². The number of nitrogens with zero attached hydrogens (tertiary/aromatic N) is 2. The van der Waals surface area contributed by atoms with E-state index in [1.54, 1.807) is 13.2 Å². The number of hydrogen-bond acceptors (Lipinski definition) is 6. The largest absolute Gasteiger partial charge is 0.497 e. The molecule has 8 rings (SSSR count). The number of carbonyl (C=O) groups is 2. The number of fused-ring (bicyclic) bond motifs is 9. The Hall–Kier alpha value is -3.37. The fourth-order valence-electron chi connectivity index (χ4n) is 9.52. The molecule has 4 atom stereocenters. The van der Waals surface area contributed by atoms with Crippen molar-refractivity contribution in [1.82, 2.24) is 14.2 Å². The highest BCUT2D eigenvalue weighted by molar-refractivity contribution is 7.90. The molecule has 4 fully saturated rings. The van der Waals surface area contributed by atoms with E-state index in [9.17, 15) is 13.2 Å². The smallest absolute Gasteiger partial charge is 0.264 e. The first-order valence-electron chi connectivity index (χ1n) is 17.9. The van der Waals surface area contributed by atoms with Gasteiger partial charge in [0, 0.05) is 34.5 Å². The van der Waals surface area contributed by atoms with Crippen LogP contribution in [0.25, 0.3) is 22.2 Å².